The first-order valence-electron chi connectivity index (χ1n) is 9.30. The zero-order chi connectivity index (χ0) is 20.6. The summed E-state index contributed by atoms with van der Waals surface area (Å²) >= 11 is 7.55. The lowest BCUT2D eigenvalue weighted by molar-refractivity contribution is 0.589. The second-order valence-corrected chi connectivity index (χ2v) is 9.98. The first kappa shape index (κ1) is 21.0. The molecule has 3 rings (SSSR count). The van der Waals surface area contributed by atoms with Crippen LogP contribution in [-0.4, -0.2) is 4.98 Å². The van der Waals surface area contributed by atoms with Crippen LogP contribution >= 0.6 is 31.9 Å². The number of aromatic nitrogens is 1. The highest BCUT2D eigenvalue weighted by Gasteiger charge is 2.20. The van der Waals surface area contributed by atoms with E-state index in [-0.39, 0.29) is 5.41 Å². The number of rotatable bonds is 3. The van der Waals surface area contributed by atoms with E-state index in [1.807, 2.05) is 12.3 Å². The first-order valence-corrected chi connectivity index (χ1v) is 10.9. The van der Waals surface area contributed by atoms with Crippen molar-refractivity contribution in [2.45, 2.75) is 40.0 Å². The monoisotopic (exact) mass is 497 g/mol. The Morgan fingerprint density at radius 3 is 1.93 bits per heavy atom. The molecule has 0 bridgehead atoms. The molecule has 0 spiro atoms. The Morgan fingerprint density at radius 1 is 0.893 bits per heavy atom. The Balaban J connectivity index is 2.09. The number of aryl methyl sites for hydroxylation is 2. The molecule has 144 valence electrons. The van der Waals surface area contributed by atoms with Gasteiger partial charge in [0.25, 0.3) is 0 Å². The molecule has 0 amide bonds. The van der Waals surface area contributed by atoms with Crippen LogP contribution in [0.25, 0.3) is 16.7 Å². The molecule has 0 aliphatic rings. The van der Waals surface area contributed by atoms with Crippen molar-refractivity contribution in [3.05, 3.63) is 92.1 Å². The molecular formula is C25H25Br2N. The van der Waals surface area contributed by atoms with Gasteiger partial charge < -0.3 is 0 Å². The molecule has 1 heterocycles. The van der Waals surface area contributed by atoms with Crippen LogP contribution in [0.5, 0.6) is 0 Å². The zero-order valence-corrected chi connectivity index (χ0v) is 20.2. The van der Waals surface area contributed by atoms with Crippen molar-refractivity contribution < 1.29 is 0 Å². The third kappa shape index (κ3) is 4.16. The maximum Gasteiger partial charge on any atom is 0.0346 e. The predicted octanol–water partition coefficient (Wildman–Crippen LogP) is 8.25. The number of halogens is 2. The van der Waals surface area contributed by atoms with E-state index in [1.54, 1.807) is 6.20 Å². The molecule has 1 aromatic heterocycles. The van der Waals surface area contributed by atoms with Gasteiger partial charge in [0.1, 0.15) is 0 Å². The summed E-state index contributed by atoms with van der Waals surface area (Å²) in [6.45, 7) is 15.6. The van der Waals surface area contributed by atoms with Gasteiger partial charge >= 0.3 is 0 Å². The van der Waals surface area contributed by atoms with Gasteiger partial charge in [-0.25, -0.2) is 0 Å². The van der Waals surface area contributed by atoms with Gasteiger partial charge in [-0.2, -0.15) is 0 Å². The maximum absolute atomic E-state index is 4.46. The van der Waals surface area contributed by atoms with Crippen LogP contribution in [0.1, 0.15) is 48.6 Å². The number of benzene rings is 2. The molecule has 0 radical (unpaired) electrons. The topological polar surface area (TPSA) is 12.9 Å². The third-order valence-corrected chi connectivity index (χ3v) is 6.29. The molecule has 0 aliphatic heterocycles. The van der Waals surface area contributed by atoms with Crippen molar-refractivity contribution in [1.29, 1.82) is 0 Å². The van der Waals surface area contributed by atoms with Gasteiger partial charge in [0, 0.05) is 32.5 Å². The molecule has 0 saturated heterocycles. The average molecular weight is 499 g/mol. The standard InChI is InChI=1S/C25H25Br2N/c1-15-10-20(25(4,5)6)11-16(2)23(15)17(3)24-21(26)12-19(13-22(24)27)18-8-7-9-28-14-18/h7-14H,3H2,1-2,4-6H3. The maximum atomic E-state index is 4.46. The number of hydrogen-bond acceptors (Lipinski definition) is 1. The van der Waals surface area contributed by atoms with Gasteiger partial charge in [-0.3, -0.25) is 4.98 Å². The normalized spacial score (nSPS) is 11.5. The van der Waals surface area contributed by atoms with Crippen molar-refractivity contribution in [3.8, 4) is 11.1 Å². The van der Waals surface area contributed by atoms with Crippen LogP contribution < -0.4 is 0 Å². The molecular weight excluding hydrogens is 474 g/mol. The number of hydrogen-bond donors (Lipinski definition) is 0. The highest BCUT2D eigenvalue weighted by Crippen LogP contribution is 2.40. The minimum Gasteiger partial charge on any atom is -0.264 e. The predicted molar refractivity (Wildman–Crippen MR) is 128 cm³/mol. The molecule has 1 nitrogen and oxygen atoms in total. The Morgan fingerprint density at radius 2 is 1.46 bits per heavy atom. The van der Waals surface area contributed by atoms with E-state index >= 15 is 0 Å². The third-order valence-electron chi connectivity index (χ3n) is 5.04. The van der Waals surface area contributed by atoms with Gasteiger partial charge in [0.2, 0.25) is 0 Å². The molecule has 28 heavy (non-hydrogen) atoms. The van der Waals surface area contributed by atoms with E-state index in [2.05, 4.69) is 108 Å². The van der Waals surface area contributed by atoms with E-state index in [0.29, 0.717) is 0 Å². The van der Waals surface area contributed by atoms with E-state index in [4.69, 9.17) is 0 Å². The summed E-state index contributed by atoms with van der Waals surface area (Å²) < 4.78 is 2.04. The molecule has 0 fully saturated rings. The fourth-order valence-electron chi connectivity index (χ4n) is 3.56. The molecule has 2 aromatic carbocycles. The largest absolute Gasteiger partial charge is 0.264 e. The Labute approximate surface area is 185 Å². The minimum atomic E-state index is 0.127. The molecule has 0 N–H and O–H groups in total. The van der Waals surface area contributed by atoms with Gasteiger partial charge in [-0.15, -0.1) is 0 Å². The molecule has 0 saturated carbocycles. The van der Waals surface area contributed by atoms with Crippen LogP contribution in [0.2, 0.25) is 0 Å². The zero-order valence-electron chi connectivity index (χ0n) is 17.0. The lowest BCUT2D eigenvalue weighted by Crippen LogP contribution is -2.12. The molecule has 3 heteroatoms. The van der Waals surface area contributed by atoms with Crippen molar-refractivity contribution >= 4 is 37.4 Å². The Bertz CT molecular complexity index is 998. The van der Waals surface area contributed by atoms with Gasteiger partial charge in [0.15, 0.2) is 0 Å². The fourth-order valence-corrected chi connectivity index (χ4v) is 5.22. The highest BCUT2D eigenvalue weighted by atomic mass is 79.9. The van der Waals surface area contributed by atoms with Crippen LogP contribution in [0.4, 0.5) is 0 Å². The van der Waals surface area contributed by atoms with Crippen LogP contribution in [0, 0.1) is 13.8 Å². The summed E-state index contributed by atoms with van der Waals surface area (Å²) in [5.41, 5.74) is 9.50. The van der Waals surface area contributed by atoms with E-state index in [9.17, 15) is 0 Å². The summed E-state index contributed by atoms with van der Waals surface area (Å²) in [4.78, 5) is 4.23. The smallest absolute Gasteiger partial charge is 0.0346 e. The Kier molecular flexibility index (Phi) is 5.97. The Hall–Kier alpha value is -1.71. The summed E-state index contributed by atoms with van der Waals surface area (Å²) in [6, 6.07) is 12.9. The lowest BCUT2D eigenvalue weighted by Gasteiger charge is -2.24. The van der Waals surface area contributed by atoms with Crippen molar-refractivity contribution in [1.82, 2.24) is 4.98 Å². The fraction of sp³-hybridized carbons (Fsp3) is 0.240. The second kappa shape index (κ2) is 7.96. The van der Waals surface area contributed by atoms with Gasteiger partial charge in [-0.05, 0) is 70.9 Å². The second-order valence-electron chi connectivity index (χ2n) is 8.27. The van der Waals surface area contributed by atoms with E-state index < -0.39 is 0 Å². The van der Waals surface area contributed by atoms with Crippen LogP contribution in [0.3, 0.4) is 0 Å². The summed E-state index contributed by atoms with van der Waals surface area (Å²) in [5, 5.41) is 0. The first-order chi connectivity index (χ1) is 13.1. The SMILES string of the molecule is C=C(c1c(C)cc(C(C)(C)C)cc1C)c1c(Br)cc(-c2cccnc2)cc1Br. The van der Waals surface area contributed by atoms with Crippen LogP contribution in [-0.2, 0) is 5.41 Å². The minimum absolute atomic E-state index is 0.127. The number of pyridine rings is 1. The van der Waals surface area contributed by atoms with Gasteiger partial charge in [0.05, 0.1) is 0 Å². The number of nitrogens with zero attached hydrogens (tertiary/aromatic N) is 1. The average Bonchev–Trinajstić information content (AvgIpc) is 2.60. The summed E-state index contributed by atoms with van der Waals surface area (Å²) in [5.74, 6) is 0. The van der Waals surface area contributed by atoms with Crippen molar-refractivity contribution in [2.24, 2.45) is 0 Å². The van der Waals surface area contributed by atoms with Gasteiger partial charge in [-0.1, -0.05) is 77.4 Å². The molecule has 3 aromatic rings. The summed E-state index contributed by atoms with van der Waals surface area (Å²) in [7, 11) is 0. The lowest BCUT2D eigenvalue weighted by atomic mass is 9.82. The summed E-state index contributed by atoms with van der Waals surface area (Å²) in [6.07, 6.45) is 3.67. The molecule has 0 atom stereocenters. The van der Waals surface area contributed by atoms with E-state index in [0.717, 1.165) is 31.2 Å². The molecule has 0 aliphatic carbocycles. The van der Waals surface area contributed by atoms with Crippen molar-refractivity contribution in [2.75, 3.05) is 0 Å². The highest BCUT2D eigenvalue weighted by molar-refractivity contribution is 9.11. The van der Waals surface area contributed by atoms with Crippen molar-refractivity contribution in [3.63, 3.8) is 0 Å². The van der Waals surface area contributed by atoms with E-state index in [1.165, 1.54) is 22.3 Å². The quantitative estimate of drug-likeness (QED) is 0.354. The molecule has 0 unspecified atom stereocenters. The van der Waals surface area contributed by atoms with Crippen LogP contribution in [0.15, 0.2) is 64.3 Å².